The number of rotatable bonds is 5. The number of benzene rings is 1. The van der Waals surface area contributed by atoms with Gasteiger partial charge in [0.2, 0.25) is 5.76 Å². The van der Waals surface area contributed by atoms with E-state index < -0.39 is 12.5 Å². The maximum absolute atomic E-state index is 12.0. The van der Waals surface area contributed by atoms with Gasteiger partial charge in [-0.05, 0) is 31.5 Å². The molecule has 1 amide bonds. The monoisotopic (exact) mass is 296 g/mol. The third kappa shape index (κ3) is 4.01. The van der Waals surface area contributed by atoms with Gasteiger partial charge < -0.3 is 14.6 Å². The van der Waals surface area contributed by atoms with E-state index in [1.54, 1.807) is 26.0 Å². The molecule has 1 aromatic heterocycles. The maximum Gasteiger partial charge on any atom is 0.387 e. The smallest absolute Gasteiger partial charge is 0.387 e. The van der Waals surface area contributed by atoms with Gasteiger partial charge in [0.05, 0.1) is 11.7 Å². The number of hydrogen-bond donors (Lipinski definition) is 1. The van der Waals surface area contributed by atoms with Gasteiger partial charge in [-0.2, -0.15) is 8.78 Å². The number of amides is 1. The number of nitrogens with one attached hydrogen (secondary N) is 1. The molecular weight excluding hydrogens is 282 g/mol. The van der Waals surface area contributed by atoms with Gasteiger partial charge in [0, 0.05) is 6.07 Å². The van der Waals surface area contributed by atoms with Crippen LogP contribution in [0.15, 0.2) is 34.9 Å². The van der Waals surface area contributed by atoms with Crippen LogP contribution in [0, 0.1) is 6.92 Å². The van der Waals surface area contributed by atoms with E-state index in [2.05, 4.69) is 15.2 Å². The molecule has 1 atom stereocenters. The lowest BCUT2D eigenvalue weighted by molar-refractivity contribution is -0.0498. The van der Waals surface area contributed by atoms with E-state index in [9.17, 15) is 13.6 Å². The van der Waals surface area contributed by atoms with Crippen LogP contribution in [0.2, 0.25) is 0 Å². The summed E-state index contributed by atoms with van der Waals surface area (Å²) in [5, 5.41) is 6.36. The first-order valence-corrected chi connectivity index (χ1v) is 6.24. The van der Waals surface area contributed by atoms with Gasteiger partial charge in [-0.25, -0.2) is 0 Å². The van der Waals surface area contributed by atoms with Crippen LogP contribution in [0.25, 0.3) is 0 Å². The zero-order valence-electron chi connectivity index (χ0n) is 11.5. The quantitative estimate of drug-likeness (QED) is 0.921. The van der Waals surface area contributed by atoms with Crippen LogP contribution >= 0.6 is 0 Å². The fourth-order valence-corrected chi connectivity index (χ4v) is 1.76. The van der Waals surface area contributed by atoms with Crippen LogP contribution in [0.3, 0.4) is 0 Å². The van der Waals surface area contributed by atoms with Crippen molar-refractivity contribution in [3.63, 3.8) is 0 Å². The lowest BCUT2D eigenvalue weighted by Crippen LogP contribution is -2.26. The van der Waals surface area contributed by atoms with Gasteiger partial charge in [-0.3, -0.25) is 4.79 Å². The summed E-state index contributed by atoms with van der Waals surface area (Å²) < 4.78 is 33.2. The number of ether oxygens (including phenoxy) is 1. The van der Waals surface area contributed by atoms with Crippen molar-refractivity contribution in [2.75, 3.05) is 0 Å². The average molecular weight is 296 g/mol. The van der Waals surface area contributed by atoms with Crippen LogP contribution < -0.4 is 10.1 Å². The fraction of sp³-hybridized carbons (Fsp3) is 0.286. The molecule has 2 aromatic rings. The topological polar surface area (TPSA) is 64.4 Å². The first-order chi connectivity index (χ1) is 9.95. The molecular formula is C14H14F2N2O3. The molecule has 1 unspecified atom stereocenters. The van der Waals surface area contributed by atoms with Crippen molar-refractivity contribution < 1.29 is 22.8 Å². The lowest BCUT2D eigenvalue weighted by atomic mass is 10.1. The predicted molar refractivity (Wildman–Crippen MR) is 70.2 cm³/mol. The normalized spacial score (nSPS) is 12.2. The molecule has 0 bridgehead atoms. The van der Waals surface area contributed by atoms with Gasteiger partial charge in [-0.15, -0.1) is 0 Å². The summed E-state index contributed by atoms with van der Waals surface area (Å²) in [7, 11) is 0. The minimum Gasteiger partial charge on any atom is -0.435 e. The van der Waals surface area contributed by atoms with Crippen LogP contribution in [-0.2, 0) is 0 Å². The summed E-state index contributed by atoms with van der Waals surface area (Å²) in [6.07, 6.45) is 0. The highest BCUT2D eigenvalue weighted by atomic mass is 19.3. The third-order valence-corrected chi connectivity index (χ3v) is 2.80. The van der Waals surface area contributed by atoms with E-state index in [-0.39, 0.29) is 17.6 Å². The van der Waals surface area contributed by atoms with Crippen molar-refractivity contribution in [2.45, 2.75) is 26.5 Å². The van der Waals surface area contributed by atoms with E-state index in [1.807, 2.05) is 0 Å². The summed E-state index contributed by atoms with van der Waals surface area (Å²) in [6.45, 7) is 0.623. The van der Waals surface area contributed by atoms with Crippen molar-refractivity contribution in [1.82, 2.24) is 10.5 Å². The molecule has 0 saturated carbocycles. The second kappa shape index (κ2) is 6.34. The van der Waals surface area contributed by atoms with Gasteiger partial charge >= 0.3 is 6.61 Å². The molecule has 112 valence electrons. The Morgan fingerprint density at radius 3 is 2.52 bits per heavy atom. The molecule has 2 rings (SSSR count). The highest BCUT2D eigenvalue weighted by Gasteiger charge is 2.15. The Hall–Kier alpha value is -2.44. The molecule has 21 heavy (non-hydrogen) atoms. The fourth-order valence-electron chi connectivity index (χ4n) is 1.76. The Bertz CT molecular complexity index is 611. The van der Waals surface area contributed by atoms with Crippen molar-refractivity contribution in [2.24, 2.45) is 0 Å². The Labute approximate surface area is 119 Å². The van der Waals surface area contributed by atoms with Crippen molar-refractivity contribution in [1.29, 1.82) is 0 Å². The highest BCUT2D eigenvalue weighted by Crippen LogP contribution is 2.19. The molecule has 0 aliphatic rings. The summed E-state index contributed by atoms with van der Waals surface area (Å²) in [5.41, 5.74) is 1.36. The standard InChI is InChI=1S/C14H14F2N2O3/c1-8-7-12(21-18-8)13(19)17-9(2)10-3-5-11(6-4-10)20-14(15)16/h3-7,9,14H,1-2H3,(H,17,19). The molecule has 1 heterocycles. The Kier molecular flexibility index (Phi) is 4.52. The van der Waals surface area contributed by atoms with Crippen LogP contribution in [0.5, 0.6) is 5.75 Å². The molecule has 0 aliphatic carbocycles. The molecule has 7 heteroatoms. The molecule has 0 radical (unpaired) electrons. The molecule has 0 saturated heterocycles. The van der Waals surface area contributed by atoms with Gasteiger partial charge in [0.25, 0.3) is 5.91 Å². The molecule has 1 N–H and O–H groups in total. The Balaban J connectivity index is 1.99. The molecule has 0 aliphatic heterocycles. The second-order valence-electron chi connectivity index (χ2n) is 4.48. The average Bonchev–Trinajstić information content (AvgIpc) is 2.85. The van der Waals surface area contributed by atoms with Gasteiger partial charge in [-0.1, -0.05) is 17.3 Å². The second-order valence-corrected chi connectivity index (χ2v) is 4.48. The number of carbonyl (C=O) groups excluding carboxylic acids is 1. The number of alkyl halides is 2. The SMILES string of the molecule is Cc1cc(C(=O)NC(C)c2ccc(OC(F)F)cc2)on1. The number of aryl methyl sites for hydroxylation is 1. The highest BCUT2D eigenvalue weighted by molar-refractivity contribution is 5.91. The molecule has 0 spiro atoms. The predicted octanol–water partition coefficient (Wildman–Crippen LogP) is 3.08. The van der Waals surface area contributed by atoms with Crippen molar-refractivity contribution in [3.8, 4) is 5.75 Å². The Morgan fingerprint density at radius 1 is 1.33 bits per heavy atom. The first-order valence-electron chi connectivity index (χ1n) is 6.24. The van der Waals surface area contributed by atoms with Gasteiger partial charge in [0.15, 0.2) is 0 Å². The van der Waals surface area contributed by atoms with E-state index in [4.69, 9.17) is 4.52 Å². The van der Waals surface area contributed by atoms with Crippen LogP contribution in [0.1, 0.15) is 34.8 Å². The number of halogens is 2. The number of nitrogens with zero attached hydrogens (tertiary/aromatic N) is 1. The zero-order chi connectivity index (χ0) is 15.4. The summed E-state index contributed by atoms with van der Waals surface area (Å²) in [6, 6.07) is 7.26. The summed E-state index contributed by atoms with van der Waals surface area (Å²) >= 11 is 0. The van der Waals surface area contributed by atoms with Gasteiger partial charge in [0.1, 0.15) is 5.75 Å². The summed E-state index contributed by atoms with van der Waals surface area (Å²) in [5.74, 6) is -0.203. The zero-order valence-corrected chi connectivity index (χ0v) is 11.5. The van der Waals surface area contributed by atoms with Crippen molar-refractivity contribution in [3.05, 3.63) is 47.3 Å². The summed E-state index contributed by atoms with van der Waals surface area (Å²) in [4.78, 5) is 11.9. The number of hydrogen-bond acceptors (Lipinski definition) is 4. The van der Waals surface area contributed by atoms with Crippen LogP contribution in [0.4, 0.5) is 8.78 Å². The van der Waals surface area contributed by atoms with Crippen LogP contribution in [-0.4, -0.2) is 17.7 Å². The molecule has 0 fully saturated rings. The van der Waals surface area contributed by atoms with E-state index in [0.717, 1.165) is 5.56 Å². The van der Waals surface area contributed by atoms with E-state index in [1.165, 1.54) is 18.2 Å². The minimum absolute atomic E-state index is 0.0677. The minimum atomic E-state index is -2.86. The van der Waals surface area contributed by atoms with Crippen molar-refractivity contribution >= 4 is 5.91 Å². The van der Waals surface area contributed by atoms with E-state index >= 15 is 0 Å². The molecule has 1 aromatic carbocycles. The first kappa shape index (κ1) is 15.0. The Morgan fingerprint density at radius 2 is 2.00 bits per heavy atom. The number of aromatic nitrogens is 1. The third-order valence-electron chi connectivity index (χ3n) is 2.80. The van der Waals surface area contributed by atoms with E-state index in [0.29, 0.717) is 5.69 Å². The largest absolute Gasteiger partial charge is 0.435 e. The molecule has 5 nitrogen and oxygen atoms in total. The lowest BCUT2D eigenvalue weighted by Gasteiger charge is -2.13. The maximum atomic E-state index is 12.0. The number of carbonyl (C=O) groups is 1.